The lowest BCUT2D eigenvalue weighted by molar-refractivity contribution is -0.117. The summed E-state index contributed by atoms with van der Waals surface area (Å²) < 4.78 is 0. The van der Waals surface area contributed by atoms with E-state index < -0.39 is 0 Å². The van der Waals surface area contributed by atoms with Crippen molar-refractivity contribution < 1.29 is 4.79 Å². The molecule has 0 bridgehead atoms. The number of rotatable bonds is 5. The molecule has 1 aromatic rings. The Morgan fingerprint density at radius 3 is 3.10 bits per heavy atom. The summed E-state index contributed by atoms with van der Waals surface area (Å²) in [5, 5.41) is 3.10. The van der Waals surface area contributed by atoms with E-state index in [0.717, 1.165) is 12.8 Å². The molecule has 1 aromatic heterocycles. The minimum Gasteiger partial charge on any atom is -0.330 e. The van der Waals surface area contributed by atoms with Gasteiger partial charge in [0.2, 0.25) is 5.91 Å². The number of carbonyl (C=O) groups is 1. The molecule has 0 spiro atoms. The number of hydrogen-bond donors (Lipinski definition) is 2. The van der Waals surface area contributed by atoms with Crippen LogP contribution in [0.15, 0.2) is 18.3 Å². The summed E-state index contributed by atoms with van der Waals surface area (Å²) in [4.78, 5) is 18.1. The molecule has 0 radical (unpaired) electrons. The summed E-state index contributed by atoms with van der Waals surface area (Å²) in [6.07, 6.45) is 5.04. The van der Waals surface area contributed by atoms with E-state index in [4.69, 9.17) is 17.3 Å². The summed E-state index contributed by atoms with van der Waals surface area (Å²) >= 11 is 5.92. The van der Waals surface area contributed by atoms with Crippen molar-refractivity contribution in [1.82, 2.24) is 9.88 Å². The first-order valence-electron chi connectivity index (χ1n) is 6.92. The average Bonchev–Trinajstić information content (AvgIpc) is 2.89. The summed E-state index contributed by atoms with van der Waals surface area (Å²) in [5.74, 6) is 0.417. The fourth-order valence-corrected chi connectivity index (χ4v) is 3.05. The second-order valence-electron chi connectivity index (χ2n) is 5.30. The third-order valence-corrected chi connectivity index (χ3v) is 4.22. The second-order valence-corrected chi connectivity index (χ2v) is 5.66. The molecule has 0 aromatic carbocycles. The number of amides is 1. The van der Waals surface area contributed by atoms with Crippen LogP contribution >= 0.6 is 11.6 Å². The van der Waals surface area contributed by atoms with Gasteiger partial charge in [0.1, 0.15) is 0 Å². The molecule has 1 aliphatic rings. The van der Waals surface area contributed by atoms with E-state index >= 15 is 0 Å². The topological polar surface area (TPSA) is 71.2 Å². The maximum absolute atomic E-state index is 12.1. The van der Waals surface area contributed by atoms with Gasteiger partial charge in [-0.15, -0.1) is 0 Å². The fourth-order valence-electron chi connectivity index (χ4n) is 2.89. The fraction of sp³-hybridized carbons (Fsp3) is 0.571. The highest BCUT2D eigenvalue weighted by Crippen LogP contribution is 2.28. The molecule has 1 saturated carbocycles. The van der Waals surface area contributed by atoms with Gasteiger partial charge in [0.15, 0.2) is 5.15 Å². The quantitative estimate of drug-likeness (QED) is 0.812. The van der Waals surface area contributed by atoms with Gasteiger partial charge in [0, 0.05) is 12.2 Å². The van der Waals surface area contributed by atoms with Gasteiger partial charge in [0.25, 0.3) is 0 Å². The smallest absolute Gasteiger partial charge is 0.238 e. The Hall–Kier alpha value is -1.17. The van der Waals surface area contributed by atoms with E-state index in [9.17, 15) is 4.79 Å². The molecule has 0 saturated heterocycles. The molecule has 2 rings (SSSR count). The van der Waals surface area contributed by atoms with Crippen LogP contribution in [-0.4, -0.2) is 42.0 Å². The standard InChI is InChI=1S/C14H21ClN4O/c1-19(12-6-2-4-10(12)8-16)9-13(20)18-11-5-3-7-17-14(11)15/h3,5,7,10,12H,2,4,6,8-9,16H2,1H3,(H,18,20). The lowest BCUT2D eigenvalue weighted by Crippen LogP contribution is -2.41. The van der Waals surface area contributed by atoms with Crippen molar-refractivity contribution in [3.8, 4) is 0 Å². The van der Waals surface area contributed by atoms with Gasteiger partial charge in [-0.2, -0.15) is 0 Å². The highest BCUT2D eigenvalue weighted by molar-refractivity contribution is 6.32. The average molecular weight is 297 g/mol. The number of aromatic nitrogens is 1. The van der Waals surface area contributed by atoms with E-state index in [-0.39, 0.29) is 5.91 Å². The number of carbonyl (C=O) groups excluding carboxylic acids is 1. The van der Waals surface area contributed by atoms with Crippen LogP contribution in [-0.2, 0) is 4.79 Å². The summed E-state index contributed by atoms with van der Waals surface area (Å²) in [5.41, 5.74) is 6.33. The van der Waals surface area contributed by atoms with Crippen molar-refractivity contribution in [1.29, 1.82) is 0 Å². The van der Waals surface area contributed by atoms with Crippen molar-refractivity contribution in [2.24, 2.45) is 11.7 Å². The zero-order valence-electron chi connectivity index (χ0n) is 11.7. The monoisotopic (exact) mass is 296 g/mol. The van der Waals surface area contributed by atoms with Crippen molar-refractivity contribution >= 4 is 23.2 Å². The van der Waals surface area contributed by atoms with Crippen LogP contribution in [0.1, 0.15) is 19.3 Å². The molecule has 1 aliphatic carbocycles. The number of pyridine rings is 1. The molecule has 0 aliphatic heterocycles. The summed E-state index contributed by atoms with van der Waals surface area (Å²) in [6.45, 7) is 1.03. The maximum Gasteiger partial charge on any atom is 0.238 e. The third kappa shape index (κ3) is 3.69. The molecule has 1 fully saturated rings. The number of likely N-dealkylation sites (N-methyl/N-ethyl adjacent to an activating group) is 1. The SMILES string of the molecule is CN(CC(=O)Nc1cccnc1Cl)C1CCCC1CN. The minimum absolute atomic E-state index is 0.0786. The molecular weight excluding hydrogens is 276 g/mol. The Bertz CT molecular complexity index is 468. The molecule has 110 valence electrons. The predicted octanol–water partition coefficient (Wildman–Crippen LogP) is 1.73. The number of anilines is 1. The van der Waals surface area contributed by atoms with Crippen molar-refractivity contribution in [3.05, 3.63) is 23.5 Å². The van der Waals surface area contributed by atoms with Crippen LogP contribution in [0.2, 0.25) is 5.15 Å². The second kappa shape index (κ2) is 7.02. The van der Waals surface area contributed by atoms with E-state index in [0.29, 0.717) is 35.9 Å². The molecule has 6 heteroatoms. The van der Waals surface area contributed by atoms with Crippen LogP contribution in [0.5, 0.6) is 0 Å². The Labute approximate surface area is 124 Å². The van der Waals surface area contributed by atoms with Gasteiger partial charge in [-0.05, 0) is 44.5 Å². The van der Waals surface area contributed by atoms with Crippen LogP contribution < -0.4 is 11.1 Å². The normalized spacial score (nSPS) is 22.2. The Kier molecular flexibility index (Phi) is 5.34. The lowest BCUT2D eigenvalue weighted by atomic mass is 10.0. The van der Waals surface area contributed by atoms with E-state index in [1.165, 1.54) is 6.42 Å². The number of hydrogen-bond acceptors (Lipinski definition) is 4. The molecule has 2 unspecified atom stereocenters. The van der Waals surface area contributed by atoms with Gasteiger partial charge < -0.3 is 11.1 Å². The summed E-state index contributed by atoms with van der Waals surface area (Å²) in [7, 11) is 1.98. The van der Waals surface area contributed by atoms with Crippen LogP contribution in [0, 0.1) is 5.92 Å². The van der Waals surface area contributed by atoms with Gasteiger partial charge >= 0.3 is 0 Å². The van der Waals surface area contributed by atoms with Crippen molar-refractivity contribution in [3.63, 3.8) is 0 Å². The Morgan fingerprint density at radius 1 is 1.60 bits per heavy atom. The number of halogens is 1. The first kappa shape index (κ1) is 15.2. The molecule has 1 amide bonds. The Morgan fingerprint density at radius 2 is 2.40 bits per heavy atom. The summed E-state index contributed by atoms with van der Waals surface area (Å²) in [6, 6.07) is 3.88. The van der Waals surface area contributed by atoms with Gasteiger partial charge in [0.05, 0.1) is 12.2 Å². The molecule has 20 heavy (non-hydrogen) atoms. The molecule has 3 N–H and O–H groups in total. The first-order chi connectivity index (χ1) is 9.61. The van der Waals surface area contributed by atoms with Gasteiger partial charge in [-0.25, -0.2) is 4.98 Å². The molecule has 1 heterocycles. The highest BCUT2D eigenvalue weighted by atomic mass is 35.5. The van der Waals surface area contributed by atoms with Crippen molar-refractivity contribution in [2.75, 3.05) is 25.5 Å². The third-order valence-electron chi connectivity index (χ3n) is 3.91. The zero-order chi connectivity index (χ0) is 14.5. The molecule has 2 atom stereocenters. The van der Waals surface area contributed by atoms with E-state index in [1.54, 1.807) is 18.3 Å². The van der Waals surface area contributed by atoms with Gasteiger partial charge in [-0.1, -0.05) is 18.0 Å². The van der Waals surface area contributed by atoms with E-state index in [2.05, 4.69) is 15.2 Å². The Balaban J connectivity index is 1.90. The number of nitrogens with one attached hydrogen (secondary N) is 1. The number of nitrogens with two attached hydrogens (primary N) is 1. The highest BCUT2D eigenvalue weighted by Gasteiger charge is 2.30. The van der Waals surface area contributed by atoms with E-state index in [1.807, 2.05) is 7.05 Å². The van der Waals surface area contributed by atoms with Crippen LogP contribution in [0.3, 0.4) is 0 Å². The molecule has 5 nitrogen and oxygen atoms in total. The zero-order valence-corrected chi connectivity index (χ0v) is 12.4. The first-order valence-corrected chi connectivity index (χ1v) is 7.30. The number of nitrogens with zero attached hydrogens (tertiary/aromatic N) is 2. The lowest BCUT2D eigenvalue weighted by Gasteiger charge is -2.28. The maximum atomic E-state index is 12.1. The van der Waals surface area contributed by atoms with Crippen molar-refractivity contribution in [2.45, 2.75) is 25.3 Å². The molecular formula is C14H21ClN4O. The van der Waals surface area contributed by atoms with Crippen LogP contribution in [0.4, 0.5) is 5.69 Å². The predicted molar refractivity (Wildman–Crippen MR) is 80.7 cm³/mol. The largest absolute Gasteiger partial charge is 0.330 e. The minimum atomic E-state index is -0.0786. The van der Waals surface area contributed by atoms with Crippen LogP contribution in [0.25, 0.3) is 0 Å². The van der Waals surface area contributed by atoms with Gasteiger partial charge in [-0.3, -0.25) is 9.69 Å².